The zero-order valence-electron chi connectivity index (χ0n) is 19.2. The number of carbonyl (C=O) groups excluding carboxylic acids is 2. The topological polar surface area (TPSA) is 58.6 Å². The molecule has 0 saturated carbocycles. The summed E-state index contributed by atoms with van der Waals surface area (Å²) in [6.07, 6.45) is 0. The van der Waals surface area contributed by atoms with E-state index in [1.807, 2.05) is 69.3 Å². The quantitative estimate of drug-likeness (QED) is 0.549. The minimum Gasteiger partial charge on any atom is -0.484 e. The monoisotopic (exact) mass is 488 g/mol. The summed E-state index contributed by atoms with van der Waals surface area (Å²) in [6, 6.07) is 14.8. The van der Waals surface area contributed by atoms with E-state index >= 15 is 0 Å². The first kappa shape index (κ1) is 24.9. The van der Waals surface area contributed by atoms with Crippen molar-refractivity contribution < 1.29 is 14.3 Å². The third kappa shape index (κ3) is 8.02. The molecule has 0 radical (unpaired) electrons. The van der Waals surface area contributed by atoms with Gasteiger partial charge < -0.3 is 15.0 Å². The molecule has 0 aliphatic rings. The van der Waals surface area contributed by atoms with Crippen LogP contribution in [0.5, 0.6) is 5.75 Å². The number of hydrogen-bond acceptors (Lipinski definition) is 3. The van der Waals surface area contributed by atoms with Gasteiger partial charge in [-0.25, -0.2) is 0 Å². The van der Waals surface area contributed by atoms with E-state index in [2.05, 4.69) is 35.1 Å². The largest absolute Gasteiger partial charge is 0.484 e. The number of ether oxygens (including phenoxy) is 1. The number of halogens is 1. The van der Waals surface area contributed by atoms with Gasteiger partial charge in [0.2, 0.25) is 5.91 Å². The number of hydrogen-bond donors (Lipinski definition) is 1. The fourth-order valence-corrected chi connectivity index (χ4v) is 3.28. The lowest BCUT2D eigenvalue weighted by Crippen LogP contribution is -2.53. The Hall–Kier alpha value is -2.34. The van der Waals surface area contributed by atoms with Crippen molar-refractivity contribution >= 4 is 27.7 Å². The van der Waals surface area contributed by atoms with Gasteiger partial charge in [0.05, 0.1) is 0 Å². The summed E-state index contributed by atoms with van der Waals surface area (Å²) in [5.74, 6) is 0.624. The van der Waals surface area contributed by atoms with Crippen molar-refractivity contribution in [2.45, 2.75) is 65.6 Å². The highest BCUT2D eigenvalue weighted by atomic mass is 79.9. The van der Waals surface area contributed by atoms with Crippen LogP contribution in [0, 0.1) is 0 Å². The van der Waals surface area contributed by atoms with Gasteiger partial charge in [0.15, 0.2) is 6.61 Å². The average Bonchev–Trinajstić information content (AvgIpc) is 2.70. The number of amides is 2. The molecule has 0 aliphatic heterocycles. The Kier molecular flexibility index (Phi) is 8.69. The molecule has 5 nitrogen and oxygen atoms in total. The maximum Gasteiger partial charge on any atom is 0.261 e. The van der Waals surface area contributed by atoms with E-state index < -0.39 is 6.04 Å². The number of carbonyl (C=O) groups is 2. The van der Waals surface area contributed by atoms with Crippen LogP contribution >= 0.6 is 15.9 Å². The highest BCUT2D eigenvalue weighted by molar-refractivity contribution is 9.10. The molecule has 0 fully saturated rings. The molecule has 0 unspecified atom stereocenters. The summed E-state index contributed by atoms with van der Waals surface area (Å²) in [7, 11) is 0. The van der Waals surface area contributed by atoms with Crippen molar-refractivity contribution in [2.75, 3.05) is 6.61 Å². The normalized spacial score (nSPS) is 12.4. The molecule has 0 saturated heterocycles. The van der Waals surface area contributed by atoms with Crippen molar-refractivity contribution in [2.24, 2.45) is 0 Å². The standard InChI is InChI=1S/C25H33BrN2O3/c1-17(2)20-9-13-22(14-10-20)31-16-23(29)28(15-19-7-11-21(26)12-8-19)18(3)24(30)27-25(4,5)6/h7-14,17-18H,15-16H2,1-6H3,(H,27,30)/t18-/m1/s1. The lowest BCUT2D eigenvalue weighted by Gasteiger charge is -2.31. The molecule has 0 aliphatic carbocycles. The minimum absolute atomic E-state index is 0.134. The Morgan fingerprint density at radius 1 is 1.00 bits per heavy atom. The second-order valence-corrected chi connectivity index (χ2v) is 9.99. The maximum absolute atomic E-state index is 13.1. The van der Waals surface area contributed by atoms with Gasteiger partial charge >= 0.3 is 0 Å². The zero-order chi connectivity index (χ0) is 23.2. The molecule has 2 rings (SSSR count). The van der Waals surface area contributed by atoms with Gasteiger partial charge in [-0.15, -0.1) is 0 Å². The minimum atomic E-state index is -0.637. The van der Waals surface area contributed by atoms with Crippen LogP contribution in [-0.4, -0.2) is 34.9 Å². The highest BCUT2D eigenvalue weighted by Crippen LogP contribution is 2.19. The van der Waals surface area contributed by atoms with Crippen molar-refractivity contribution in [3.8, 4) is 5.75 Å². The number of rotatable bonds is 8. The van der Waals surface area contributed by atoms with Gasteiger partial charge in [-0.2, -0.15) is 0 Å². The smallest absolute Gasteiger partial charge is 0.261 e. The van der Waals surface area contributed by atoms with E-state index in [0.29, 0.717) is 18.2 Å². The van der Waals surface area contributed by atoms with Gasteiger partial charge in [-0.3, -0.25) is 9.59 Å². The molecule has 1 N–H and O–H groups in total. The van der Waals surface area contributed by atoms with Crippen LogP contribution in [-0.2, 0) is 16.1 Å². The van der Waals surface area contributed by atoms with Gasteiger partial charge in [-0.1, -0.05) is 54.0 Å². The van der Waals surface area contributed by atoms with Crippen molar-refractivity contribution in [1.29, 1.82) is 0 Å². The number of nitrogens with one attached hydrogen (secondary N) is 1. The third-order valence-corrected chi connectivity index (χ3v) is 5.37. The zero-order valence-corrected chi connectivity index (χ0v) is 20.8. The van der Waals surface area contributed by atoms with Crippen LogP contribution < -0.4 is 10.1 Å². The van der Waals surface area contributed by atoms with Crippen LogP contribution in [0.15, 0.2) is 53.0 Å². The van der Waals surface area contributed by atoms with Crippen molar-refractivity contribution in [1.82, 2.24) is 10.2 Å². The fourth-order valence-electron chi connectivity index (χ4n) is 3.02. The predicted molar refractivity (Wildman–Crippen MR) is 128 cm³/mol. The second kappa shape index (κ2) is 10.8. The number of benzene rings is 2. The Bertz CT molecular complexity index is 871. The van der Waals surface area contributed by atoms with E-state index in [4.69, 9.17) is 4.74 Å². The van der Waals surface area contributed by atoms with E-state index in [1.165, 1.54) is 5.56 Å². The summed E-state index contributed by atoms with van der Waals surface area (Å²) in [6.45, 7) is 11.9. The molecule has 31 heavy (non-hydrogen) atoms. The Labute approximate surface area is 194 Å². The number of nitrogens with zero attached hydrogens (tertiary/aromatic N) is 1. The highest BCUT2D eigenvalue weighted by Gasteiger charge is 2.28. The lowest BCUT2D eigenvalue weighted by molar-refractivity contribution is -0.142. The van der Waals surface area contributed by atoms with Crippen LogP contribution in [0.4, 0.5) is 0 Å². The molecule has 1 atom stereocenters. The summed E-state index contributed by atoms with van der Waals surface area (Å²) in [5, 5.41) is 2.96. The average molecular weight is 489 g/mol. The summed E-state index contributed by atoms with van der Waals surface area (Å²) in [4.78, 5) is 27.4. The van der Waals surface area contributed by atoms with Gasteiger partial charge in [0, 0.05) is 16.6 Å². The Morgan fingerprint density at radius 3 is 2.10 bits per heavy atom. The molecule has 6 heteroatoms. The van der Waals surface area contributed by atoms with Gasteiger partial charge in [0.25, 0.3) is 5.91 Å². The van der Waals surface area contributed by atoms with E-state index in [1.54, 1.807) is 11.8 Å². The summed E-state index contributed by atoms with van der Waals surface area (Å²) < 4.78 is 6.70. The molecule has 0 aromatic heterocycles. The molecule has 2 aromatic carbocycles. The van der Waals surface area contributed by atoms with Gasteiger partial charge in [0.1, 0.15) is 11.8 Å². The third-order valence-electron chi connectivity index (χ3n) is 4.84. The fraction of sp³-hybridized carbons (Fsp3) is 0.440. The molecular weight excluding hydrogens is 456 g/mol. The lowest BCUT2D eigenvalue weighted by atomic mass is 10.0. The van der Waals surface area contributed by atoms with Crippen molar-refractivity contribution in [3.05, 3.63) is 64.1 Å². The molecule has 0 heterocycles. The molecule has 2 amide bonds. The Morgan fingerprint density at radius 2 is 1.58 bits per heavy atom. The first-order valence-corrected chi connectivity index (χ1v) is 11.3. The molecule has 0 spiro atoms. The van der Waals surface area contributed by atoms with Gasteiger partial charge in [-0.05, 0) is 69.0 Å². The van der Waals surface area contributed by atoms with Crippen LogP contribution in [0.1, 0.15) is 58.6 Å². The predicted octanol–water partition coefficient (Wildman–Crippen LogP) is 5.28. The van der Waals surface area contributed by atoms with Crippen LogP contribution in [0.25, 0.3) is 0 Å². The van der Waals surface area contributed by atoms with Crippen LogP contribution in [0.2, 0.25) is 0 Å². The Balaban J connectivity index is 2.14. The molecule has 2 aromatic rings. The second-order valence-electron chi connectivity index (χ2n) is 9.08. The SMILES string of the molecule is CC(C)c1ccc(OCC(=O)N(Cc2ccc(Br)cc2)[C@H](C)C(=O)NC(C)(C)C)cc1. The van der Waals surface area contributed by atoms with E-state index in [9.17, 15) is 9.59 Å². The van der Waals surface area contributed by atoms with E-state index in [0.717, 1.165) is 10.0 Å². The molecular formula is C25H33BrN2O3. The maximum atomic E-state index is 13.1. The van der Waals surface area contributed by atoms with Crippen LogP contribution in [0.3, 0.4) is 0 Å². The molecule has 168 valence electrons. The summed E-state index contributed by atoms with van der Waals surface area (Å²) in [5.41, 5.74) is 1.77. The first-order chi connectivity index (χ1) is 14.5. The summed E-state index contributed by atoms with van der Waals surface area (Å²) >= 11 is 3.43. The first-order valence-electron chi connectivity index (χ1n) is 10.5. The van der Waals surface area contributed by atoms with Crippen molar-refractivity contribution in [3.63, 3.8) is 0 Å². The van der Waals surface area contributed by atoms with E-state index in [-0.39, 0.29) is 24.0 Å². The molecule has 0 bridgehead atoms.